The molecule has 0 aliphatic carbocycles. The molecule has 2 heterocycles. The SMILES string of the molecule is C#CCN1CCC(C(=O)NC(c2ccc(F)cc2)c2cccs2)CC1. The number of piperidine rings is 1. The van der Waals surface area contributed by atoms with Crippen LogP contribution in [-0.4, -0.2) is 30.4 Å². The van der Waals surface area contributed by atoms with E-state index in [2.05, 4.69) is 16.1 Å². The minimum Gasteiger partial charge on any atom is -0.344 e. The standard InChI is InChI=1S/C20H21FN2OS/c1-2-11-23-12-9-16(10-13-23)20(24)22-19(18-4-3-14-25-18)15-5-7-17(21)8-6-15/h1,3-8,14,16,19H,9-13H2,(H,22,24). The molecule has 1 saturated heterocycles. The zero-order valence-electron chi connectivity index (χ0n) is 14.0. The van der Waals surface area contributed by atoms with Crippen LogP contribution in [0.2, 0.25) is 0 Å². The number of likely N-dealkylation sites (tertiary alicyclic amines) is 1. The van der Waals surface area contributed by atoms with Gasteiger partial charge in [0, 0.05) is 10.8 Å². The van der Waals surface area contributed by atoms with Gasteiger partial charge in [-0.15, -0.1) is 17.8 Å². The van der Waals surface area contributed by atoms with Crippen molar-refractivity contribution in [1.82, 2.24) is 10.2 Å². The third-order valence-corrected chi connectivity index (χ3v) is 5.53. The van der Waals surface area contributed by atoms with Gasteiger partial charge in [0.15, 0.2) is 0 Å². The van der Waals surface area contributed by atoms with E-state index in [1.165, 1.54) is 12.1 Å². The number of hydrogen-bond acceptors (Lipinski definition) is 3. The zero-order valence-corrected chi connectivity index (χ0v) is 14.8. The Morgan fingerprint density at radius 3 is 2.64 bits per heavy atom. The lowest BCUT2D eigenvalue weighted by molar-refractivity contribution is -0.126. The summed E-state index contributed by atoms with van der Waals surface area (Å²) < 4.78 is 13.2. The van der Waals surface area contributed by atoms with Crippen LogP contribution in [0.3, 0.4) is 0 Å². The van der Waals surface area contributed by atoms with Gasteiger partial charge < -0.3 is 5.32 Å². The van der Waals surface area contributed by atoms with E-state index in [-0.39, 0.29) is 23.7 Å². The van der Waals surface area contributed by atoms with Gasteiger partial charge >= 0.3 is 0 Å². The summed E-state index contributed by atoms with van der Waals surface area (Å²) in [6.45, 7) is 2.34. The van der Waals surface area contributed by atoms with Crippen LogP contribution in [-0.2, 0) is 4.79 Å². The largest absolute Gasteiger partial charge is 0.344 e. The Morgan fingerprint density at radius 2 is 2.04 bits per heavy atom. The van der Waals surface area contributed by atoms with Crippen LogP contribution in [0, 0.1) is 24.1 Å². The molecule has 1 fully saturated rings. The minimum absolute atomic E-state index is 0.00284. The first kappa shape index (κ1) is 17.7. The number of halogens is 1. The number of nitrogens with zero attached hydrogens (tertiary/aromatic N) is 1. The van der Waals surface area contributed by atoms with Gasteiger partial charge in [-0.2, -0.15) is 0 Å². The van der Waals surface area contributed by atoms with Crippen LogP contribution < -0.4 is 5.32 Å². The highest BCUT2D eigenvalue weighted by molar-refractivity contribution is 7.10. The van der Waals surface area contributed by atoms with Crippen LogP contribution >= 0.6 is 11.3 Å². The molecule has 0 radical (unpaired) electrons. The second-order valence-electron chi connectivity index (χ2n) is 6.26. The molecule has 5 heteroatoms. The van der Waals surface area contributed by atoms with Crippen molar-refractivity contribution in [1.29, 1.82) is 0 Å². The van der Waals surface area contributed by atoms with Crippen LogP contribution in [0.15, 0.2) is 41.8 Å². The Labute approximate surface area is 151 Å². The van der Waals surface area contributed by atoms with Gasteiger partial charge in [0.2, 0.25) is 5.91 Å². The molecule has 1 N–H and O–H groups in total. The van der Waals surface area contributed by atoms with Crippen molar-refractivity contribution in [2.24, 2.45) is 5.92 Å². The summed E-state index contributed by atoms with van der Waals surface area (Å²) in [7, 11) is 0. The molecule has 25 heavy (non-hydrogen) atoms. The van der Waals surface area contributed by atoms with E-state index in [1.807, 2.05) is 17.5 Å². The Kier molecular flexibility index (Phi) is 5.85. The number of amides is 1. The maximum Gasteiger partial charge on any atom is 0.223 e. The molecule has 3 nitrogen and oxygen atoms in total. The maximum absolute atomic E-state index is 13.2. The number of thiophene rings is 1. The second kappa shape index (κ2) is 8.28. The summed E-state index contributed by atoms with van der Waals surface area (Å²) in [6, 6.07) is 10.0. The molecule has 0 bridgehead atoms. The summed E-state index contributed by atoms with van der Waals surface area (Å²) in [5, 5.41) is 5.14. The average molecular weight is 356 g/mol. The second-order valence-corrected chi connectivity index (χ2v) is 7.24. The van der Waals surface area contributed by atoms with Crippen molar-refractivity contribution in [3.63, 3.8) is 0 Å². The first-order valence-electron chi connectivity index (χ1n) is 8.42. The molecular weight excluding hydrogens is 335 g/mol. The van der Waals surface area contributed by atoms with Gasteiger partial charge in [-0.25, -0.2) is 4.39 Å². The molecule has 1 aliphatic heterocycles. The summed E-state index contributed by atoms with van der Waals surface area (Å²) in [5.74, 6) is 2.43. The van der Waals surface area contributed by atoms with Crippen molar-refractivity contribution >= 4 is 17.2 Å². The van der Waals surface area contributed by atoms with Crippen LogP contribution in [0.4, 0.5) is 4.39 Å². The van der Waals surface area contributed by atoms with E-state index in [0.717, 1.165) is 36.4 Å². The van der Waals surface area contributed by atoms with Crippen LogP contribution in [0.1, 0.15) is 29.3 Å². The monoisotopic (exact) mass is 356 g/mol. The molecule has 1 aromatic heterocycles. The fraction of sp³-hybridized carbons (Fsp3) is 0.350. The Bertz CT molecular complexity index is 728. The van der Waals surface area contributed by atoms with Crippen molar-refractivity contribution in [2.75, 3.05) is 19.6 Å². The van der Waals surface area contributed by atoms with E-state index >= 15 is 0 Å². The molecular formula is C20H21FN2OS. The molecule has 130 valence electrons. The topological polar surface area (TPSA) is 32.3 Å². The van der Waals surface area contributed by atoms with Gasteiger partial charge in [0.1, 0.15) is 5.82 Å². The normalized spacial score (nSPS) is 17.0. The highest BCUT2D eigenvalue weighted by Crippen LogP contribution is 2.27. The highest BCUT2D eigenvalue weighted by Gasteiger charge is 2.27. The minimum atomic E-state index is -0.277. The number of carbonyl (C=O) groups is 1. The van der Waals surface area contributed by atoms with Crippen molar-refractivity contribution < 1.29 is 9.18 Å². The highest BCUT2D eigenvalue weighted by atomic mass is 32.1. The number of nitrogens with one attached hydrogen (secondary N) is 1. The van der Waals surface area contributed by atoms with Crippen molar-refractivity contribution in [3.8, 4) is 12.3 Å². The zero-order chi connectivity index (χ0) is 17.6. The molecule has 1 aliphatic rings. The molecule has 0 spiro atoms. The lowest BCUT2D eigenvalue weighted by Crippen LogP contribution is -2.41. The fourth-order valence-electron chi connectivity index (χ4n) is 3.17. The number of benzene rings is 1. The number of carbonyl (C=O) groups excluding carboxylic acids is 1. The quantitative estimate of drug-likeness (QED) is 0.833. The first-order valence-corrected chi connectivity index (χ1v) is 9.30. The predicted octanol–water partition coefficient (Wildman–Crippen LogP) is 3.44. The molecule has 0 saturated carbocycles. The molecule has 2 aromatic rings. The van der Waals surface area contributed by atoms with Crippen LogP contribution in [0.25, 0.3) is 0 Å². The predicted molar refractivity (Wildman–Crippen MR) is 98.7 cm³/mol. The lowest BCUT2D eigenvalue weighted by Gasteiger charge is -2.31. The van der Waals surface area contributed by atoms with Gasteiger partial charge in [0.25, 0.3) is 0 Å². The number of hydrogen-bond donors (Lipinski definition) is 1. The Morgan fingerprint density at radius 1 is 1.32 bits per heavy atom. The van der Waals surface area contributed by atoms with Gasteiger partial charge in [-0.1, -0.05) is 24.1 Å². The van der Waals surface area contributed by atoms with Crippen LogP contribution in [0.5, 0.6) is 0 Å². The first-order chi connectivity index (χ1) is 12.2. The third kappa shape index (κ3) is 4.47. The molecule has 1 aromatic carbocycles. The smallest absolute Gasteiger partial charge is 0.223 e. The van der Waals surface area contributed by atoms with E-state index in [1.54, 1.807) is 23.5 Å². The van der Waals surface area contributed by atoms with E-state index in [0.29, 0.717) is 6.54 Å². The van der Waals surface area contributed by atoms with Crippen molar-refractivity contribution in [2.45, 2.75) is 18.9 Å². The van der Waals surface area contributed by atoms with Gasteiger partial charge in [0.05, 0.1) is 12.6 Å². The lowest BCUT2D eigenvalue weighted by atomic mass is 9.95. The summed E-state index contributed by atoms with van der Waals surface area (Å²) >= 11 is 1.59. The van der Waals surface area contributed by atoms with E-state index in [4.69, 9.17) is 6.42 Å². The Balaban J connectivity index is 1.70. The third-order valence-electron chi connectivity index (χ3n) is 4.59. The summed E-state index contributed by atoms with van der Waals surface area (Å²) in [4.78, 5) is 16.0. The Hall–Kier alpha value is -2.16. The molecule has 1 amide bonds. The molecule has 1 atom stereocenters. The van der Waals surface area contributed by atoms with E-state index in [9.17, 15) is 9.18 Å². The molecule has 1 unspecified atom stereocenters. The van der Waals surface area contributed by atoms with Gasteiger partial charge in [-0.05, 0) is 55.1 Å². The average Bonchev–Trinajstić information content (AvgIpc) is 3.16. The van der Waals surface area contributed by atoms with Gasteiger partial charge in [-0.3, -0.25) is 9.69 Å². The summed E-state index contributed by atoms with van der Waals surface area (Å²) in [6.07, 6.45) is 6.98. The maximum atomic E-state index is 13.2. The molecule has 3 rings (SSSR count). The number of rotatable bonds is 5. The van der Waals surface area contributed by atoms with Crippen molar-refractivity contribution in [3.05, 3.63) is 58.0 Å². The fourth-order valence-corrected chi connectivity index (χ4v) is 3.97. The number of terminal acetylenes is 1. The summed E-state index contributed by atoms with van der Waals surface area (Å²) in [5.41, 5.74) is 0.891. The van der Waals surface area contributed by atoms with E-state index < -0.39 is 0 Å².